The van der Waals surface area contributed by atoms with E-state index in [1.54, 1.807) is 11.3 Å². The molecule has 0 spiro atoms. The van der Waals surface area contributed by atoms with Crippen LogP contribution < -0.4 is 5.32 Å². The van der Waals surface area contributed by atoms with Gasteiger partial charge in [0.2, 0.25) is 5.91 Å². The van der Waals surface area contributed by atoms with Crippen molar-refractivity contribution in [2.45, 2.75) is 13.3 Å². The van der Waals surface area contributed by atoms with Gasteiger partial charge in [0.05, 0.1) is 5.56 Å². The maximum absolute atomic E-state index is 12.6. The lowest BCUT2D eigenvalue weighted by Gasteiger charge is -2.34. The molecule has 128 valence electrons. The number of thiophene rings is 1. The van der Waals surface area contributed by atoms with E-state index in [1.165, 1.54) is 0 Å². The molecule has 0 bridgehead atoms. The second kappa shape index (κ2) is 8.13. The van der Waals surface area contributed by atoms with Crippen LogP contribution in [0.2, 0.25) is 0 Å². The quantitative estimate of drug-likeness (QED) is 0.895. The Morgan fingerprint density at radius 3 is 2.52 bits per heavy atom. The van der Waals surface area contributed by atoms with Gasteiger partial charge in [-0.25, -0.2) is 0 Å². The second-order valence-corrected chi connectivity index (χ2v) is 6.97. The predicted molar refractivity (Wildman–Crippen MR) is 94.2 cm³/mol. The Morgan fingerprint density at radius 1 is 1.22 bits per heavy atom. The molecule has 0 aromatic carbocycles. The SMILES string of the molecule is CC(C(=O)N1CCCN(C(=O)c2ccsc2)CC1)C1CNC1.Cl. The number of halogens is 1. The van der Waals surface area contributed by atoms with Gasteiger partial charge >= 0.3 is 0 Å². The van der Waals surface area contributed by atoms with Gasteiger partial charge in [-0.05, 0) is 36.9 Å². The molecule has 23 heavy (non-hydrogen) atoms. The van der Waals surface area contributed by atoms with E-state index in [-0.39, 0.29) is 30.1 Å². The van der Waals surface area contributed by atoms with Gasteiger partial charge in [0.1, 0.15) is 0 Å². The van der Waals surface area contributed by atoms with Crippen LogP contribution in [0.1, 0.15) is 23.7 Å². The van der Waals surface area contributed by atoms with Crippen LogP contribution in [0.25, 0.3) is 0 Å². The third-order valence-electron chi connectivity index (χ3n) is 4.77. The molecule has 1 aromatic heterocycles. The molecular weight excluding hydrogens is 334 g/mol. The van der Waals surface area contributed by atoms with Crippen molar-refractivity contribution in [3.05, 3.63) is 22.4 Å². The Morgan fingerprint density at radius 2 is 1.91 bits per heavy atom. The summed E-state index contributed by atoms with van der Waals surface area (Å²) in [6, 6.07) is 1.87. The van der Waals surface area contributed by atoms with E-state index >= 15 is 0 Å². The van der Waals surface area contributed by atoms with E-state index in [0.29, 0.717) is 19.0 Å². The largest absolute Gasteiger partial charge is 0.341 e. The van der Waals surface area contributed by atoms with Crippen molar-refractivity contribution in [2.24, 2.45) is 11.8 Å². The zero-order valence-electron chi connectivity index (χ0n) is 13.4. The molecule has 3 rings (SSSR count). The van der Waals surface area contributed by atoms with Gasteiger partial charge in [0, 0.05) is 37.5 Å². The Kier molecular flexibility index (Phi) is 6.44. The first-order valence-electron chi connectivity index (χ1n) is 7.98. The fourth-order valence-corrected chi connectivity index (χ4v) is 3.69. The molecule has 1 aromatic rings. The lowest BCUT2D eigenvalue weighted by Crippen LogP contribution is -2.51. The summed E-state index contributed by atoms with van der Waals surface area (Å²) >= 11 is 1.54. The standard InChI is InChI=1S/C16H23N3O2S.ClH/c1-12(14-9-17-10-14)15(20)18-4-2-5-19(7-6-18)16(21)13-3-8-22-11-13;/h3,8,11-12,14,17H,2,4-7,9-10H2,1H3;1H. The normalized spacial score (nSPS) is 20.2. The number of carbonyl (C=O) groups is 2. The lowest BCUT2D eigenvalue weighted by atomic mass is 9.88. The molecule has 0 aliphatic carbocycles. The third-order valence-corrected chi connectivity index (χ3v) is 5.46. The Labute approximate surface area is 147 Å². The molecule has 1 unspecified atom stereocenters. The Balaban J connectivity index is 0.00000192. The molecule has 7 heteroatoms. The highest BCUT2D eigenvalue weighted by atomic mass is 35.5. The first kappa shape index (κ1) is 18.2. The van der Waals surface area contributed by atoms with Gasteiger partial charge in [-0.3, -0.25) is 9.59 Å². The number of rotatable bonds is 3. The summed E-state index contributed by atoms with van der Waals surface area (Å²) in [6.07, 6.45) is 0.858. The van der Waals surface area contributed by atoms with Gasteiger partial charge in [-0.15, -0.1) is 12.4 Å². The van der Waals surface area contributed by atoms with E-state index in [1.807, 2.05) is 33.6 Å². The minimum atomic E-state index is 0. The molecule has 2 saturated heterocycles. The first-order valence-corrected chi connectivity index (χ1v) is 8.92. The van der Waals surface area contributed by atoms with Crippen molar-refractivity contribution in [1.29, 1.82) is 0 Å². The van der Waals surface area contributed by atoms with Crippen molar-refractivity contribution in [2.75, 3.05) is 39.3 Å². The van der Waals surface area contributed by atoms with E-state index in [0.717, 1.165) is 38.2 Å². The number of nitrogens with zero attached hydrogens (tertiary/aromatic N) is 2. The highest BCUT2D eigenvalue weighted by Gasteiger charge is 2.32. The molecule has 2 aliphatic heterocycles. The minimum Gasteiger partial charge on any atom is -0.341 e. The number of nitrogens with one attached hydrogen (secondary N) is 1. The lowest BCUT2D eigenvalue weighted by molar-refractivity contribution is -0.137. The predicted octanol–water partition coefficient (Wildman–Crippen LogP) is 1.70. The van der Waals surface area contributed by atoms with E-state index in [4.69, 9.17) is 0 Å². The zero-order chi connectivity index (χ0) is 15.5. The molecular formula is C16H24ClN3O2S. The first-order chi connectivity index (χ1) is 10.7. The van der Waals surface area contributed by atoms with Crippen molar-refractivity contribution in [1.82, 2.24) is 15.1 Å². The summed E-state index contributed by atoms with van der Waals surface area (Å²) in [5.74, 6) is 0.891. The number of amides is 2. The molecule has 2 amide bonds. The molecule has 1 atom stereocenters. The molecule has 2 aliphatic rings. The van der Waals surface area contributed by atoms with Gasteiger partial charge in [0.25, 0.3) is 5.91 Å². The van der Waals surface area contributed by atoms with E-state index in [2.05, 4.69) is 5.32 Å². The second-order valence-electron chi connectivity index (χ2n) is 6.19. The summed E-state index contributed by atoms with van der Waals surface area (Å²) in [4.78, 5) is 28.8. The highest BCUT2D eigenvalue weighted by Crippen LogP contribution is 2.20. The maximum Gasteiger partial charge on any atom is 0.254 e. The van der Waals surface area contributed by atoms with Crippen LogP contribution in [0.3, 0.4) is 0 Å². The summed E-state index contributed by atoms with van der Waals surface area (Å²) in [5.41, 5.74) is 0.763. The van der Waals surface area contributed by atoms with Crippen LogP contribution in [-0.2, 0) is 4.79 Å². The van der Waals surface area contributed by atoms with Gasteiger partial charge in [0.15, 0.2) is 0 Å². The molecule has 0 radical (unpaired) electrons. The zero-order valence-corrected chi connectivity index (χ0v) is 15.0. The Bertz CT molecular complexity index is 533. The van der Waals surface area contributed by atoms with E-state index in [9.17, 15) is 9.59 Å². The van der Waals surface area contributed by atoms with Crippen molar-refractivity contribution in [3.63, 3.8) is 0 Å². The monoisotopic (exact) mass is 357 g/mol. The fourth-order valence-electron chi connectivity index (χ4n) is 3.06. The van der Waals surface area contributed by atoms with Gasteiger partial charge < -0.3 is 15.1 Å². The van der Waals surface area contributed by atoms with Gasteiger partial charge in [-0.1, -0.05) is 6.92 Å². The number of hydrogen-bond acceptors (Lipinski definition) is 4. The average Bonchev–Trinajstić information content (AvgIpc) is 2.88. The smallest absolute Gasteiger partial charge is 0.254 e. The number of hydrogen-bond donors (Lipinski definition) is 1. The van der Waals surface area contributed by atoms with Crippen LogP contribution in [0.5, 0.6) is 0 Å². The Hall–Kier alpha value is -1.11. The fraction of sp³-hybridized carbons (Fsp3) is 0.625. The summed E-state index contributed by atoms with van der Waals surface area (Å²) in [6.45, 7) is 6.71. The topological polar surface area (TPSA) is 52.7 Å². The number of carbonyl (C=O) groups excluding carboxylic acids is 2. The summed E-state index contributed by atoms with van der Waals surface area (Å²) in [5, 5.41) is 7.04. The molecule has 0 saturated carbocycles. The molecule has 3 heterocycles. The minimum absolute atomic E-state index is 0. The van der Waals surface area contributed by atoms with Crippen LogP contribution in [-0.4, -0.2) is 60.9 Å². The van der Waals surface area contributed by atoms with E-state index < -0.39 is 0 Å². The third kappa shape index (κ3) is 4.05. The van der Waals surface area contributed by atoms with Crippen molar-refractivity contribution < 1.29 is 9.59 Å². The van der Waals surface area contributed by atoms with Crippen LogP contribution in [0.4, 0.5) is 0 Å². The molecule has 2 fully saturated rings. The maximum atomic E-state index is 12.6. The van der Waals surface area contributed by atoms with Crippen LogP contribution in [0, 0.1) is 11.8 Å². The summed E-state index contributed by atoms with van der Waals surface area (Å²) in [7, 11) is 0. The summed E-state index contributed by atoms with van der Waals surface area (Å²) < 4.78 is 0. The van der Waals surface area contributed by atoms with Gasteiger partial charge in [-0.2, -0.15) is 11.3 Å². The molecule has 1 N–H and O–H groups in total. The molecule has 5 nitrogen and oxygen atoms in total. The van der Waals surface area contributed by atoms with Crippen LogP contribution in [0.15, 0.2) is 16.8 Å². The highest BCUT2D eigenvalue weighted by molar-refractivity contribution is 7.08. The van der Waals surface area contributed by atoms with Crippen LogP contribution >= 0.6 is 23.7 Å². The van der Waals surface area contributed by atoms with Crippen molar-refractivity contribution in [3.8, 4) is 0 Å². The average molecular weight is 358 g/mol. The van der Waals surface area contributed by atoms with Crippen molar-refractivity contribution >= 4 is 35.6 Å².